The Balaban J connectivity index is 1.59. The molecule has 0 aromatic carbocycles. The van der Waals surface area contributed by atoms with Gasteiger partial charge in [0.25, 0.3) is 0 Å². The number of hydrogen-bond donors (Lipinski definition) is 2. The van der Waals surface area contributed by atoms with Crippen LogP contribution in [0.1, 0.15) is 71.6 Å². The largest absolute Gasteiger partial charge is 0.389 e. The minimum Gasteiger partial charge on any atom is -0.389 e. The molecule has 21 heavy (non-hydrogen) atoms. The molecule has 2 rings (SSSR count). The molecule has 2 aliphatic carbocycles. The lowest BCUT2D eigenvalue weighted by molar-refractivity contribution is -0.0288. The molecule has 0 heterocycles. The smallest absolute Gasteiger partial charge is 0.0897 e. The Morgan fingerprint density at radius 2 is 1.71 bits per heavy atom. The third kappa shape index (κ3) is 6.25. The summed E-state index contributed by atoms with van der Waals surface area (Å²) in [4.78, 5) is 0. The summed E-state index contributed by atoms with van der Waals surface area (Å²) in [6.45, 7) is 5.84. The summed E-state index contributed by atoms with van der Waals surface area (Å²) in [6, 6.07) is 0.581. The minimum absolute atomic E-state index is 0.361. The molecule has 3 nitrogen and oxygen atoms in total. The van der Waals surface area contributed by atoms with E-state index in [1.807, 2.05) is 0 Å². The SMILES string of the molecule is CC1CCC(OCC(O)CNC2CCCCCC2C)CC1. The molecule has 3 heteroatoms. The van der Waals surface area contributed by atoms with Gasteiger partial charge < -0.3 is 15.2 Å². The second kappa shape index (κ2) is 9.12. The Morgan fingerprint density at radius 3 is 2.48 bits per heavy atom. The van der Waals surface area contributed by atoms with E-state index >= 15 is 0 Å². The maximum Gasteiger partial charge on any atom is 0.0897 e. The molecule has 0 spiro atoms. The molecule has 0 bridgehead atoms. The van der Waals surface area contributed by atoms with Gasteiger partial charge in [-0.1, -0.05) is 33.1 Å². The summed E-state index contributed by atoms with van der Waals surface area (Å²) in [7, 11) is 0. The molecule has 0 aromatic heterocycles. The van der Waals surface area contributed by atoms with Crippen molar-refractivity contribution in [2.75, 3.05) is 13.2 Å². The highest BCUT2D eigenvalue weighted by molar-refractivity contribution is 4.78. The quantitative estimate of drug-likeness (QED) is 0.737. The standard InChI is InChI=1S/C18H35NO2/c1-14-8-10-17(11-9-14)21-13-16(20)12-19-18-7-5-3-4-6-15(18)2/h14-20H,3-13H2,1-2H3. The third-order valence-corrected chi connectivity index (χ3v) is 5.46. The molecule has 2 aliphatic rings. The van der Waals surface area contributed by atoms with Crippen LogP contribution in [-0.2, 0) is 4.74 Å². The van der Waals surface area contributed by atoms with Crippen LogP contribution in [0.4, 0.5) is 0 Å². The molecule has 3 atom stereocenters. The van der Waals surface area contributed by atoms with Gasteiger partial charge >= 0.3 is 0 Å². The van der Waals surface area contributed by atoms with E-state index < -0.39 is 0 Å². The zero-order valence-corrected chi connectivity index (χ0v) is 14.0. The van der Waals surface area contributed by atoms with Crippen LogP contribution in [0.2, 0.25) is 0 Å². The van der Waals surface area contributed by atoms with E-state index in [9.17, 15) is 5.11 Å². The number of rotatable bonds is 6. The van der Waals surface area contributed by atoms with Gasteiger partial charge in [0.1, 0.15) is 0 Å². The van der Waals surface area contributed by atoms with Crippen molar-refractivity contribution < 1.29 is 9.84 Å². The first-order chi connectivity index (χ1) is 10.1. The first-order valence-corrected chi connectivity index (χ1v) is 9.18. The first kappa shape index (κ1) is 17.2. The monoisotopic (exact) mass is 297 g/mol. The topological polar surface area (TPSA) is 41.5 Å². The fraction of sp³-hybridized carbons (Fsp3) is 1.00. The van der Waals surface area contributed by atoms with Crippen LogP contribution in [0.3, 0.4) is 0 Å². The van der Waals surface area contributed by atoms with Crippen LogP contribution in [0, 0.1) is 11.8 Å². The van der Waals surface area contributed by atoms with E-state index in [0.717, 1.165) is 11.8 Å². The molecule has 0 aliphatic heterocycles. The summed E-state index contributed by atoms with van der Waals surface area (Å²) >= 11 is 0. The fourth-order valence-electron chi connectivity index (χ4n) is 3.79. The van der Waals surface area contributed by atoms with Crippen molar-refractivity contribution in [3.63, 3.8) is 0 Å². The van der Waals surface area contributed by atoms with E-state index in [0.29, 0.717) is 25.3 Å². The first-order valence-electron chi connectivity index (χ1n) is 9.18. The van der Waals surface area contributed by atoms with Crippen molar-refractivity contribution in [3.05, 3.63) is 0 Å². The number of hydrogen-bond acceptors (Lipinski definition) is 3. The molecular formula is C18H35NO2. The van der Waals surface area contributed by atoms with E-state index in [2.05, 4.69) is 19.2 Å². The summed E-state index contributed by atoms with van der Waals surface area (Å²) < 4.78 is 5.89. The molecule has 2 N–H and O–H groups in total. The molecule has 0 radical (unpaired) electrons. The van der Waals surface area contributed by atoms with Gasteiger partial charge in [0, 0.05) is 12.6 Å². The summed E-state index contributed by atoms with van der Waals surface area (Å²) in [6.07, 6.45) is 11.6. The summed E-state index contributed by atoms with van der Waals surface area (Å²) in [5, 5.41) is 13.7. The number of aliphatic hydroxyl groups excluding tert-OH is 1. The van der Waals surface area contributed by atoms with Gasteiger partial charge in [-0.05, 0) is 50.4 Å². The van der Waals surface area contributed by atoms with Crippen molar-refractivity contribution in [2.45, 2.75) is 89.9 Å². The normalized spacial score (nSPS) is 36.1. The van der Waals surface area contributed by atoms with Crippen LogP contribution in [0.25, 0.3) is 0 Å². The zero-order valence-electron chi connectivity index (χ0n) is 14.0. The molecule has 2 saturated carbocycles. The Labute approximate surface area is 130 Å². The van der Waals surface area contributed by atoms with Crippen molar-refractivity contribution in [2.24, 2.45) is 11.8 Å². The predicted molar refractivity (Wildman–Crippen MR) is 87.4 cm³/mol. The molecular weight excluding hydrogens is 262 g/mol. The number of ether oxygens (including phenoxy) is 1. The Morgan fingerprint density at radius 1 is 1.00 bits per heavy atom. The summed E-state index contributed by atoms with van der Waals surface area (Å²) in [5.74, 6) is 1.59. The lowest BCUT2D eigenvalue weighted by Crippen LogP contribution is -2.41. The van der Waals surface area contributed by atoms with Gasteiger partial charge in [-0.3, -0.25) is 0 Å². The van der Waals surface area contributed by atoms with E-state index in [1.165, 1.54) is 57.8 Å². The highest BCUT2D eigenvalue weighted by Crippen LogP contribution is 2.25. The molecule has 124 valence electrons. The maximum atomic E-state index is 10.1. The number of aliphatic hydroxyl groups is 1. The lowest BCUT2D eigenvalue weighted by Gasteiger charge is -2.28. The van der Waals surface area contributed by atoms with Gasteiger partial charge in [-0.25, -0.2) is 0 Å². The van der Waals surface area contributed by atoms with Crippen molar-refractivity contribution >= 4 is 0 Å². The second-order valence-electron chi connectivity index (χ2n) is 7.50. The number of nitrogens with one attached hydrogen (secondary N) is 1. The predicted octanol–water partition coefficient (Wildman–Crippen LogP) is 3.50. The summed E-state index contributed by atoms with van der Waals surface area (Å²) in [5.41, 5.74) is 0. The Kier molecular flexibility index (Phi) is 7.48. The van der Waals surface area contributed by atoms with Crippen molar-refractivity contribution in [3.8, 4) is 0 Å². The third-order valence-electron chi connectivity index (χ3n) is 5.46. The van der Waals surface area contributed by atoms with Crippen LogP contribution in [-0.4, -0.2) is 36.5 Å². The van der Waals surface area contributed by atoms with Crippen LogP contribution >= 0.6 is 0 Å². The second-order valence-corrected chi connectivity index (χ2v) is 7.50. The van der Waals surface area contributed by atoms with Gasteiger partial charge in [0.05, 0.1) is 18.8 Å². The zero-order chi connectivity index (χ0) is 15.1. The Hall–Kier alpha value is -0.120. The minimum atomic E-state index is -0.361. The molecule has 3 unspecified atom stereocenters. The van der Waals surface area contributed by atoms with Gasteiger partial charge in [0.2, 0.25) is 0 Å². The highest BCUT2D eigenvalue weighted by Gasteiger charge is 2.22. The molecule has 0 saturated heterocycles. The van der Waals surface area contributed by atoms with Crippen LogP contribution in [0.15, 0.2) is 0 Å². The van der Waals surface area contributed by atoms with Crippen molar-refractivity contribution in [1.82, 2.24) is 5.32 Å². The maximum absolute atomic E-state index is 10.1. The highest BCUT2D eigenvalue weighted by atomic mass is 16.5. The van der Waals surface area contributed by atoms with E-state index in [1.54, 1.807) is 0 Å². The molecule has 0 amide bonds. The molecule has 0 aromatic rings. The lowest BCUT2D eigenvalue weighted by atomic mass is 9.89. The van der Waals surface area contributed by atoms with Crippen LogP contribution in [0.5, 0.6) is 0 Å². The fourth-order valence-corrected chi connectivity index (χ4v) is 3.79. The van der Waals surface area contributed by atoms with E-state index in [4.69, 9.17) is 4.74 Å². The Bertz CT molecular complexity index is 276. The van der Waals surface area contributed by atoms with Crippen molar-refractivity contribution in [1.29, 1.82) is 0 Å². The van der Waals surface area contributed by atoms with Gasteiger partial charge in [0.15, 0.2) is 0 Å². The van der Waals surface area contributed by atoms with E-state index in [-0.39, 0.29) is 6.10 Å². The van der Waals surface area contributed by atoms with Gasteiger partial charge in [-0.15, -0.1) is 0 Å². The van der Waals surface area contributed by atoms with Crippen LogP contribution < -0.4 is 5.32 Å². The average Bonchev–Trinajstić information content (AvgIpc) is 2.69. The average molecular weight is 297 g/mol. The van der Waals surface area contributed by atoms with Gasteiger partial charge in [-0.2, -0.15) is 0 Å². The molecule has 2 fully saturated rings.